The lowest BCUT2D eigenvalue weighted by molar-refractivity contribution is -0.135. The van der Waals surface area contributed by atoms with Gasteiger partial charge in [0.1, 0.15) is 0 Å². The van der Waals surface area contributed by atoms with Gasteiger partial charge in [-0.2, -0.15) is 0 Å². The second-order valence-corrected chi connectivity index (χ2v) is 6.96. The highest BCUT2D eigenvalue weighted by molar-refractivity contribution is 6.11. The molecule has 0 saturated carbocycles. The second kappa shape index (κ2) is 6.54. The number of carbonyl (C=O) groups is 2. The molecule has 0 fully saturated rings. The molecule has 2 aromatic rings. The van der Waals surface area contributed by atoms with Gasteiger partial charge in [0, 0.05) is 17.7 Å². The van der Waals surface area contributed by atoms with Gasteiger partial charge in [0.15, 0.2) is 11.4 Å². The van der Waals surface area contributed by atoms with Gasteiger partial charge in [-0.3, -0.25) is 9.59 Å². The van der Waals surface area contributed by atoms with Crippen LogP contribution in [0.3, 0.4) is 0 Å². The number of hydrogen-bond acceptors (Lipinski definition) is 3. The fraction of sp³-hybridized carbons (Fsp3) is 0.273. The zero-order chi connectivity index (χ0) is 19.1. The summed E-state index contributed by atoms with van der Waals surface area (Å²) in [6.45, 7) is 9.70. The predicted octanol–water partition coefficient (Wildman–Crippen LogP) is 3.61. The van der Waals surface area contributed by atoms with Crippen LogP contribution in [0.2, 0.25) is 0 Å². The third-order valence-electron chi connectivity index (χ3n) is 4.92. The number of aliphatic hydroxyl groups is 1. The third-order valence-corrected chi connectivity index (χ3v) is 4.92. The normalized spacial score (nSPS) is 18.8. The minimum atomic E-state index is -1.85. The number of aryl methyl sites for hydroxylation is 3. The van der Waals surface area contributed by atoms with Gasteiger partial charge < -0.3 is 10.0 Å². The molecule has 134 valence electrons. The number of ketones is 1. The molecule has 0 bridgehead atoms. The van der Waals surface area contributed by atoms with Gasteiger partial charge in [-0.25, -0.2) is 0 Å². The van der Waals surface area contributed by atoms with Crippen LogP contribution < -0.4 is 4.90 Å². The summed E-state index contributed by atoms with van der Waals surface area (Å²) in [4.78, 5) is 27.4. The topological polar surface area (TPSA) is 57.6 Å². The van der Waals surface area contributed by atoms with Crippen LogP contribution in [0, 0.1) is 20.8 Å². The minimum Gasteiger partial charge on any atom is -0.375 e. The van der Waals surface area contributed by atoms with E-state index in [0.717, 1.165) is 16.7 Å². The highest BCUT2D eigenvalue weighted by Gasteiger charge is 2.50. The first-order valence-electron chi connectivity index (χ1n) is 8.65. The Morgan fingerprint density at radius 3 is 2.42 bits per heavy atom. The molecule has 26 heavy (non-hydrogen) atoms. The highest BCUT2D eigenvalue weighted by Crippen LogP contribution is 2.43. The quantitative estimate of drug-likeness (QED) is 0.663. The van der Waals surface area contributed by atoms with Crippen LogP contribution in [0.15, 0.2) is 49.1 Å². The van der Waals surface area contributed by atoms with E-state index in [1.54, 1.807) is 24.3 Å². The molecule has 0 spiro atoms. The zero-order valence-electron chi connectivity index (χ0n) is 15.4. The van der Waals surface area contributed by atoms with E-state index in [2.05, 4.69) is 6.58 Å². The average Bonchev–Trinajstić information content (AvgIpc) is 2.77. The molecule has 1 N–H and O–H groups in total. The maximum Gasteiger partial charge on any atom is 0.264 e. The number of carbonyl (C=O) groups excluding carboxylic acids is 2. The van der Waals surface area contributed by atoms with Crippen molar-refractivity contribution in [3.05, 3.63) is 76.9 Å². The van der Waals surface area contributed by atoms with Crippen LogP contribution in [0.1, 0.15) is 39.0 Å². The number of rotatable bonds is 5. The number of nitrogens with zero attached hydrogens (tertiary/aromatic N) is 1. The largest absolute Gasteiger partial charge is 0.375 e. The summed E-state index contributed by atoms with van der Waals surface area (Å²) < 4.78 is 0. The van der Waals surface area contributed by atoms with Gasteiger partial charge >= 0.3 is 0 Å². The molecule has 1 amide bonds. The first-order valence-corrected chi connectivity index (χ1v) is 8.65. The molecule has 1 unspecified atom stereocenters. The van der Waals surface area contributed by atoms with Crippen molar-refractivity contribution < 1.29 is 14.7 Å². The summed E-state index contributed by atoms with van der Waals surface area (Å²) >= 11 is 0. The van der Waals surface area contributed by atoms with Gasteiger partial charge in [-0.15, -0.1) is 6.58 Å². The predicted molar refractivity (Wildman–Crippen MR) is 102 cm³/mol. The average molecular weight is 349 g/mol. The van der Waals surface area contributed by atoms with Crippen molar-refractivity contribution in [2.24, 2.45) is 0 Å². The van der Waals surface area contributed by atoms with Gasteiger partial charge in [0.2, 0.25) is 0 Å². The Morgan fingerprint density at radius 2 is 1.81 bits per heavy atom. The molecule has 4 nitrogen and oxygen atoms in total. The van der Waals surface area contributed by atoms with Gasteiger partial charge in [0.05, 0.1) is 12.1 Å². The Kier molecular flexibility index (Phi) is 4.55. The number of para-hydroxylation sites is 1. The van der Waals surface area contributed by atoms with E-state index in [0.29, 0.717) is 16.8 Å². The third kappa shape index (κ3) is 2.76. The second-order valence-electron chi connectivity index (χ2n) is 6.96. The lowest BCUT2D eigenvalue weighted by atomic mass is 9.85. The van der Waals surface area contributed by atoms with Crippen molar-refractivity contribution in [1.82, 2.24) is 0 Å². The molecule has 0 aromatic heterocycles. The molecule has 0 aliphatic carbocycles. The van der Waals surface area contributed by atoms with Crippen molar-refractivity contribution in [3.8, 4) is 0 Å². The Bertz CT molecular complexity index is 892. The number of hydrogen-bond donors (Lipinski definition) is 1. The molecule has 3 rings (SSSR count). The first kappa shape index (κ1) is 18.1. The van der Waals surface area contributed by atoms with Crippen LogP contribution in [0.4, 0.5) is 5.69 Å². The van der Waals surface area contributed by atoms with Crippen LogP contribution >= 0.6 is 0 Å². The van der Waals surface area contributed by atoms with Crippen molar-refractivity contribution in [2.75, 3.05) is 11.4 Å². The van der Waals surface area contributed by atoms with Crippen LogP contribution in [-0.2, 0) is 10.4 Å². The van der Waals surface area contributed by atoms with E-state index in [4.69, 9.17) is 0 Å². The van der Waals surface area contributed by atoms with E-state index in [-0.39, 0.29) is 18.7 Å². The van der Waals surface area contributed by atoms with Gasteiger partial charge in [-0.1, -0.05) is 42.0 Å². The maximum atomic E-state index is 13.0. The fourth-order valence-corrected chi connectivity index (χ4v) is 3.93. The molecule has 1 aliphatic rings. The number of amides is 1. The summed E-state index contributed by atoms with van der Waals surface area (Å²) in [7, 11) is 0. The number of benzene rings is 2. The lowest BCUT2D eigenvalue weighted by Gasteiger charge is -2.23. The van der Waals surface area contributed by atoms with Crippen molar-refractivity contribution in [2.45, 2.75) is 32.8 Å². The highest BCUT2D eigenvalue weighted by atomic mass is 16.3. The summed E-state index contributed by atoms with van der Waals surface area (Å²) in [5.74, 6) is -0.708. The summed E-state index contributed by atoms with van der Waals surface area (Å²) in [6.07, 6.45) is 1.33. The molecular weight excluding hydrogens is 326 g/mol. The molecule has 0 saturated heterocycles. The monoisotopic (exact) mass is 349 g/mol. The summed E-state index contributed by atoms with van der Waals surface area (Å²) in [5.41, 5.74) is 2.63. The smallest absolute Gasteiger partial charge is 0.264 e. The number of fused-ring (bicyclic) bond motifs is 1. The molecular formula is C22H23NO3. The first-order chi connectivity index (χ1) is 12.3. The Hall–Kier alpha value is -2.72. The Balaban J connectivity index is 2.03. The van der Waals surface area contributed by atoms with Crippen LogP contribution in [-0.4, -0.2) is 23.3 Å². The molecule has 1 aliphatic heterocycles. The standard InChI is InChI=1S/C22H23NO3/c1-5-10-23-18-9-7-6-8-17(18)22(26,21(23)25)13-19(24)20-15(3)11-14(2)12-16(20)4/h5-9,11-12,26H,1,10,13H2,2-4H3. The fourth-order valence-electron chi connectivity index (χ4n) is 3.93. The molecule has 2 aromatic carbocycles. The summed E-state index contributed by atoms with van der Waals surface area (Å²) in [6, 6.07) is 10.9. The van der Waals surface area contributed by atoms with Crippen molar-refractivity contribution >= 4 is 17.4 Å². The lowest BCUT2D eigenvalue weighted by Crippen LogP contribution is -2.42. The van der Waals surface area contributed by atoms with E-state index in [1.165, 1.54) is 4.90 Å². The van der Waals surface area contributed by atoms with E-state index in [9.17, 15) is 14.7 Å². The van der Waals surface area contributed by atoms with Crippen LogP contribution in [0.5, 0.6) is 0 Å². The van der Waals surface area contributed by atoms with Crippen LogP contribution in [0.25, 0.3) is 0 Å². The molecule has 1 atom stereocenters. The Labute approximate surface area is 153 Å². The minimum absolute atomic E-state index is 0.230. The van der Waals surface area contributed by atoms with Crippen molar-refractivity contribution in [3.63, 3.8) is 0 Å². The van der Waals surface area contributed by atoms with E-state index >= 15 is 0 Å². The SMILES string of the molecule is C=CCN1C(=O)C(O)(CC(=O)c2c(C)cc(C)cc2C)c2ccccc21. The Morgan fingerprint density at radius 1 is 1.19 bits per heavy atom. The van der Waals surface area contributed by atoms with E-state index < -0.39 is 11.5 Å². The van der Waals surface area contributed by atoms with Crippen molar-refractivity contribution in [1.29, 1.82) is 0 Å². The number of Topliss-reactive ketones (excluding diaryl/α,β-unsaturated/α-hetero) is 1. The molecule has 0 radical (unpaired) electrons. The maximum absolute atomic E-state index is 13.0. The van der Waals surface area contributed by atoms with Gasteiger partial charge in [0.25, 0.3) is 5.91 Å². The van der Waals surface area contributed by atoms with Gasteiger partial charge in [-0.05, 0) is 38.0 Å². The molecule has 1 heterocycles. The molecule has 4 heteroatoms. The summed E-state index contributed by atoms with van der Waals surface area (Å²) in [5, 5.41) is 11.2. The number of anilines is 1. The zero-order valence-corrected chi connectivity index (χ0v) is 15.4. The van der Waals surface area contributed by atoms with E-state index in [1.807, 2.05) is 39.0 Å².